The second-order valence-corrected chi connectivity index (χ2v) is 33.0. The molecule has 12 heterocycles. The zero-order chi connectivity index (χ0) is 96.9. The van der Waals surface area contributed by atoms with Crippen molar-refractivity contribution >= 4 is 88.1 Å². The number of para-hydroxylation sites is 3. The van der Waals surface area contributed by atoms with E-state index in [1.165, 1.54) is 54.0 Å². The number of aromatic amines is 1. The smallest absolute Gasteiger partial charge is 0.398 e. The van der Waals surface area contributed by atoms with E-state index in [-0.39, 0.29) is 107 Å². The molecule has 0 aliphatic rings. The van der Waals surface area contributed by atoms with E-state index in [2.05, 4.69) is 167 Å². The molecule has 0 spiro atoms. The summed E-state index contributed by atoms with van der Waals surface area (Å²) in [4.78, 5) is 30.1. The van der Waals surface area contributed by atoms with E-state index in [1.54, 1.807) is 81.6 Å². The van der Waals surface area contributed by atoms with Crippen LogP contribution in [-0.2, 0) is 58.1 Å². The molecule has 0 radical (unpaired) electrons. The molecule has 0 aliphatic heterocycles. The molecule has 0 amide bonds. The van der Waals surface area contributed by atoms with Crippen molar-refractivity contribution in [1.29, 1.82) is 0 Å². The normalized spacial score (nSPS) is 11.5. The first-order valence-electron chi connectivity index (χ1n) is 40.0. The number of aromatic nitrogens is 18. The van der Waals surface area contributed by atoms with Crippen molar-refractivity contribution in [2.75, 3.05) is 15.5 Å². The van der Waals surface area contributed by atoms with Crippen LogP contribution in [0, 0.1) is 12.4 Å². The van der Waals surface area contributed by atoms with Crippen molar-refractivity contribution < 1.29 is 105 Å². The summed E-state index contributed by atoms with van der Waals surface area (Å²) < 4.78 is 238. The maximum absolute atomic E-state index is 13.3. The minimum absolute atomic E-state index is 0. The number of nitrogens with two attached hydrogens (primary N) is 1. The van der Waals surface area contributed by atoms with Gasteiger partial charge in [-0.25, -0.2) is 34.0 Å². The molecule has 137 heavy (non-hydrogen) atoms. The number of nitrogens with zero attached hydrogens (tertiary/aromatic N) is 19. The summed E-state index contributed by atoms with van der Waals surface area (Å²) >= 11 is 9.57. The molecule has 3 N–H and O–H groups in total. The van der Waals surface area contributed by atoms with Crippen LogP contribution in [0.4, 0.5) is 124 Å². The van der Waals surface area contributed by atoms with E-state index in [0.717, 1.165) is 115 Å². The average molecular weight is 2300 g/mol. The summed E-state index contributed by atoms with van der Waals surface area (Å²) in [6, 6.07) is 52.9. The fraction of sp³-hybridized carbons (Fsp3) is 0.290. The van der Waals surface area contributed by atoms with Crippen LogP contribution in [0.15, 0.2) is 239 Å². The largest absolute Gasteiger partial charge is 2.00 e. The summed E-state index contributed by atoms with van der Waals surface area (Å²) in [5.41, 5.74) is 8.75. The van der Waals surface area contributed by atoms with Gasteiger partial charge in [0.1, 0.15) is 42.8 Å². The first-order chi connectivity index (χ1) is 61.9. The second-order valence-electron chi connectivity index (χ2n) is 30.6. The number of halogens is 22. The van der Waals surface area contributed by atoms with Crippen LogP contribution in [-0.4, -0.2) is 89.0 Å². The van der Waals surface area contributed by atoms with Gasteiger partial charge in [-0.3, -0.25) is 39.8 Å². The summed E-state index contributed by atoms with van der Waals surface area (Å²) in [5, 5.41) is 22.9. The number of nitrogens with one attached hydrogen (secondary N) is 1. The van der Waals surface area contributed by atoms with Gasteiger partial charge in [0.2, 0.25) is 0 Å². The molecule has 0 atom stereocenters. The van der Waals surface area contributed by atoms with Crippen LogP contribution in [0.5, 0.6) is 0 Å². The van der Waals surface area contributed by atoms with Crippen molar-refractivity contribution in [2.24, 2.45) is 0 Å². The van der Waals surface area contributed by atoms with Crippen LogP contribution in [0.2, 0.25) is 0 Å². The Hall–Kier alpha value is -12.0. The molecule has 21 nitrogen and oxygen atoms in total. The van der Waals surface area contributed by atoms with Crippen LogP contribution < -0.4 is 15.5 Å². The molecule has 44 heteroatoms. The van der Waals surface area contributed by atoms with Gasteiger partial charge in [-0.2, -0.15) is 99.4 Å². The topological polar surface area (TPSA) is 228 Å². The minimum Gasteiger partial charge on any atom is -0.398 e. The van der Waals surface area contributed by atoms with Gasteiger partial charge in [0.05, 0.1) is 34.4 Å². The molecule has 15 rings (SSSR count). The Labute approximate surface area is 817 Å². The Morgan fingerprint density at radius 3 is 0.803 bits per heavy atom. The standard InChI is InChI=1S/C30H27F6N7.C30H25F6N7.C12H19N.C9H5BrF3N3.C5H3Br2N.C4H3F3N2.3CH4.FH.Pt/c2*1-18(2)20-8-5-9-21(19(3)4)28(20)43(26-12-6-10-24(37-26)41-16-14-22(39-41)29(31,32)33)27-13-7-11-25(38-27)42-17-15-23(40-42)30(34,35)36;1-8(2)10-6-5-7-11(9(3)4)12(10)13;10-7-2-1-3-8(14-7)16-5-4-6(15-16)9(11,12)13;6-4-2-1-3-5(7)8-4;5-4(6,7)3-1-2-8-9-3;;;;;/h5-19H,1-4H3;5-15,18-19H,1-4H3;5-9H,13H2,1-4H3;1-5H;1-3H;1-2H,(H,8,9);3*1H4;1H;/q;-2;;;;;;;;;+2. The van der Waals surface area contributed by atoms with Crippen LogP contribution in [0.1, 0.15) is 208 Å². The van der Waals surface area contributed by atoms with E-state index in [9.17, 15) is 79.0 Å². The van der Waals surface area contributed by atoms with Gasteiger partial charge in [0, 0.05) is 30.5 Å². The molecule has 0 fully saturated rings. The minimum atomic E-state index is -4.66. The molecule has 12 aromatic heterocycles. The predicted molar refractivity (Wildman–Crippen MR) is 495 cm³/mol. The van der Waals surface area contributed by atoms with E-state index in [1.807, 2.05) is 110 Å². The van der Waals surface area contributed by atoms with Crippen LogP contribution in [0.25, 0.3) is 29.1 Å². The number of nitrogen functional groups attached to an aromatic ring is 1. The van der Waals surface area contributed by atoms with Gasteiger partial charge in [-0.1, -0.05) is 221 Å². The molecule has 0 bridgehead atoms. The first kappa shape index (κ1) is 116. The first-order valence-corrected chi connectivity index (χ1v) is 42.4. The van der Waals surface area contributed by atoms with Gasteiger partial charge in [-0.15, -0.1) is 12.1 Å². The van der Waals surface area contributed by atoms with Gasteiger partial charge < -0.3 is 15.1 Å². The van der Waals surface area contributed by atoms with Crippen molar-refractivity contribution in [2.45, 2.75) is 178 Å². The third-order valence-electron chi connectivity index (χ3n) is 19.0. The van der Waals surface area contributed by atoms with Gasteiger partial charge in [0.15, 0.2) is 34.5 Å². The molecule has 0 saturated heterocycles. The van der Waals surface area contributed by atoms with Crippen LogP contribution in [0.3, 0.4) is 0 Å². The third kappa shape index (κ3) is 30.5. The maximum atomic E-state index is 13.3. The number of anilines is 7. The fourth-order valence-electron chi connectivity index (χ4n) is 12.7. The van der Waals surface area contributed by atoms with Gasteiger partial charge in [-0.05, 0) is 202 Å². The monoisotopic (exact) mass is 2300 g/mol. The summed E-state index contributed by atoms with van der Waals surface area (Å²) in [6.45, 7) is 24.9. The Bertz CT molecular complexity index is 5770. The number of H-pyrrole nitrogens is 1. The summed E-state index contributed by atoms with van der Waals surface area (Å²) in [5.74, 6) is 3.10. The SMILES string of the molecule is Brc1cccc(Br)n1.C.C.C.CC(C)c1cccc(C(C)C)c1N.CC(C)c1cccc(C(C)C)c1N(c1cccc(-n2[c-]cc(C(F)(F)F)n2)n1)c1cccc(-n2[c-]cc(C(F)(F)F)n2)n1.CC(C)c1cccc(C(C)C)c1N(c1cccc(-n2ccc(C(F)(F)F)n2)n1)c1cccc(-n2ccc(C(F)(F)F)n2)n1.F.FC(F)(F)c1ccn(-c2cccc(Br)n2)n1.FC(F)(F)c1ccn[nH]1.[Pt+2]. The molecule has 0 saturated carbocycles. The molecule has 736 valence electrons. The van der Waals surface area contributed by atoms with E-state index < -0.39 is 71.2 Å². The molecule has 15 aromatic rings. The maximum Gasteiger partial charge on any atom is 2.00 e. The number of rotatable bonds is 17. The second kappa shape index (κ2) is 48.8. The zero-order valence-corrected chi connectivity index (χ0v) is 79.6. The predicted octanol–water partition coefficient (Wildman–Crippen LogP) is 29.5. The molecular weight excluding hydrogens is 2210 g/mol. The summed E-state index contributed by atoms with van der Waals surface area (Å²) in [7, 11) is 0. The molecule has 0 aliphatic carbocycles. The third-order valence-corrected chi connectivity index (χ3v) is 20.3. The number of alkyl halides is 18. The number of hydrogen-bond acceptors (Lipinski definition) is 15. The average Bonchev–Trinajstić information content (AvgIpc) is 1.42. The zero-order valence-electron chi connectivity index (χ0n) is 72.6. The van der Waals surface area contributed by atoms with E-state index >= 15 is 0 Å². The Balaban J connectivity index is 0.000000324. The Kier molecular flexibility index (Phi) is 41.2. The van der Waals surface area contributed by atoms with Crippen molar-refractivity contribution in [3.8, 4) is 29.1 Å². The van der Waals surface area contributed by atoms with Crippen molar-refractivity contribution in [3.63, 3.8) is 0 Å². The number of pyridine rings is 6. The van der Waals surface area contributed by atoms with Gasteiger partial charge in [0.25, 0.3) is 0 Å². The van der Waals surface area contributed by atoms with Crippen molar-refractivity contribution in [1.82, 2.24) is 89.0 Å². The summed E-state index contributed by atoms with van der Waals surface area (Å²) in [6.07, 6.45) is -17.7. The van der Waals surface area contributed by atoms with E-state index in [4.69, 9.17) is 5.73 Å². The van der Waals surface area contributed by atoms with Crippen molar-refractivity contribution in [3.05, 3.63) is 319 Å². The molecule has 3 aromatic carbocycles. The van der Waals surface area contributed by atoms with Gasteiger partial charge >= 0.3 is 58.1 Å². The van der Waals surface area contributed by atoms with Crippen LogP contribution >= 0.6 is 47.8 Å². The molecule has 0 unspecified atom stereocenters. The Morgan fingerprint density at radius 2 is 0.569 bits per heavy atom. The quantitative estimate of drug-likeness (QED) is 0.0374. The number of hydrogen-bond donors (Lipinski definition) is 2. The Morgan fingerprint density at radius 1 is 0.314 bits per heavy atom. The van der Waals surface area contributed by atoms with E-state index in [0.29, 0.717) is 33.9 Å². The number of benzene rings is 3. The molecular formula is C93H95Br3F19N21Pt. The fourth-order valence-corrected chi connectivity index (χ4v) is 14.0.